The van der Waals surface area contributed by atoms with Gasteiger partial charge in [-0.1, -0.05) is 67.9 Å². The van der Waals surface area contributed by atoms with Crippen LogP contribution in [-0.2, 0) is 33.9 Å². The van der Waals surface area contributed by atoms with E-state index in [4.69, 9.17) is 11.6 Å². The Morgan fingerprint density at radius 2 is 1.75 bits per heavy atom. The van der Waals surface area contributed by atoms with Gasteiger partial charge in [-0.15, -0.1) is 0 Å². The molecule has 44 heavy (non-hydrogen) atoms. The number of hydrogen-bond acceptors (Lipinski definition) is 7. The molecule has 0 unspecified atom stereocenters. The van der Waals surface area contributed by atoms with Crippen molar-refractivity contribution in [2.24, 2.45) is 5.92 Å². The number of phenolic OH excluding ortho intramolecular Hbond substituents is 1. The first kappa shape index (κ1) is 32.9. The van der Waals surface area contributed by atoms with Gasteiger partial charge in [0.15, 0.2) is 5.82 Å². The average molecular weight is 624 g/mol. The summed E-state index contributed by atoms with van der Waals surface area (Å²) in [7, 11) is 0. The van der Waals surface area contributed by atoms with Gasteiger partial charge in [0.25, 0.3) is 0 Å². The highest BCUT2D eigenvalue weighted by molar-refractivity contribution is 6.32. The molecule has 3 aromatic rings. The predicted molar refractivity (Wildman–Crippen MR) is 168 cm³/mol. The van der Waals surface area contributed by atoms with E-state index in [2.05, 4.69) is 30.9 Å². The molecule has 0 bridgehead atoms. The molecule has 2 aromatic carbocycles. The lowest BCUT2D eigenvalue weighted by molar-refractivity contribution is -0.129. The summed E-state index contributed by atoms with van der Waals surface area (Å²) in [5.74, 6) is 0.179. The number of aromatic nitrogens is 3. The van der Waals surface area contributed by atoms with E-state index < -0.39 is 12.1 Å². The number of hydrogen-bond donors (Lipinski definition) is 4. The fourth-order valence-corrected chi connectivity index (χ4v) is 5.50. The Hall–Kier alpha value is -3.96. The zero-order chi connectivity index (χ0) is 31.6. The Morgan fingerprint density at radius 1 is 1.00 bits per heavy atom. The minimum Gasteiger partial charge on any atom is -0.506 e. The van der Waals surface area contributed by atoms with Crippen LogP contribution < -0.4 is 16.0 Å². The maximum atomic E-state index is 13.8. The van der Waals surface area contributed by atoms with Crippen LogP contribution in [0.3, 0.4) is 0 Å². The SMILES string of the molecule is Cc1nc2n(n1)CC(=O)NCCCN(Cc1cccc(O)c1Cl)CCCC(=O)N[C@H](Cc1ccccc1)C(=O)N[C@H]2C(C)C. The van der Waals surface area contributed by atoms with Gasteiger partial charge in [0.05, 0.1) is 11.1 Å². The first-order chi connectivity index (χ1) is 21.1. The van der Waals surface area contributed by atoms with E-state index in [-0.39, 0.29) is 42.4 Å². The highest BCUT2D eigenvalue weighted by atomic mass is 35.5. The van der Waals surface area contributed by atoms with E-state index in [9.17, 15) is 19.5 Å². The number of rotatable bonds is 5. The molecule has 0 saturated carbocycles. The molecule has 0 radical (unpaired) electrons. The fourth-order valence-electron chi connectivity index (χ4n) is 5.31. The Morgan fingerprint density at radius 3 is 2.50 bits per heavy atom. The Bertz CT molecular complexity index is 1430. The van der Waals surface area contributed by atoms with Gasteiger partial charge < -0.3 is 21.1 Å². The van der Waals surface area contributed by atoms with Gasteiger partial charge in [0, 0.05) is 32.5 Å². The molecule has 236 valence electrons. The van der Waals surface area contributed by atoms with Gasteiger partial charge in [-0.3, -0.25) is 19.3 Å². The summed E-state index contributed by atoms with van der Waals surface area (Å²) in [6.45, 7) is 7.77. The normalized spacial score (nSPS) is 19.8. The Labute approximate surface area is 263 Å². The van der Waals surface area contributed by atoms with Crippen LogP contribution >= 0.6 is 11.6 Å². The highest BCUT2D eigenvalue weighted by Gasteiger charge is 2.29. The quantitative estimate of drug-likeness (QED) is 0.342. The minimum absolute atomic E-state index is 0.0161. The van der Waals surface area contributed by atoms with Crippen molar-refractivity contribution in [2.75, 3.05) is 19.6 Å². The molecule has 1 aliphatic heterocycles. The summed E-state index contributed by atoms with van der Waals surface area (Å²) in [5.41, 5.74) is 1.69. The molecule has 4 rings (SSSR count). The smallest absolute Gasteiger partial charge is 0.243 e. The second-order valence-electron chi connectivity index (χ2n) is 11.5. The van der Waals surface area contributed by atoms with Gasteiger partial charge in [-0.2, -0.15) is 5.10 Å². The lowest BCUT2D eigenvalue weighted by atomic mass is 10.0. The minimum atomic E-state index is -0.812. The van der Waals surface area contributed by atoms with E-state index >= 15 is 0 Å². The lowest BCUT2D eigenvalue weighted by Crippen LogP contribution is -2.50. The molecule has 1 aliphatic rings. The molecule has 0 aliphatic carbocycles. The number of aryl methyl sites for hydroxylation is 1. The number of benzene rings is 2. The van der Waals surface area contributed by atoms with Gasteiger partial charge >= 0.3 is 0 Å². The monoisotopic (exact) mass is 623 g/mol. The van der Waals surface area contributed by atoms with Crippen LogP contribution in [0.15, 0.2) is 48.5 Å². The van der Waals surface area contributed by atoms with E-state index in [1.54, 1.807) is 17.7 Å². The summed E-state index contributed by atoms with van der Waals surface area (Å²) in [5, 5.41) is 23.8. The molecule has 3 amide bonds. The molecule has 0 fully saturated rings. The number of amides is 3. The number of nitrogens with zero attached hydrogens (tertiary/aromatic N) is 4. The van der Waals surface area contributed by atoms with E-state index in [0.717, 1.165) is 11.1 Å². The van der Waals surface area contributed by atoms with Crippen molar-refractivity contribution >= 4 is 29.3 Å². The van der Waals surface area contributed by atoms with Gasteiger partial charge in [0.2, 0.25) is 17.7 Å². The molecule has 0 saturated heterocycles. The number of fused-ring (bicyclic) bond motifs is 1. The van der Waals surface area contributed by atoms with Crippen LogP contribution in [0.25, 0.3) is 0 Å². The van der Waals surface area contributed by atoms with Crippen LogP contribution in [0.2, 0.25) is 5.02 Å². The van der Waals surface area contributed by atoms with Crippen LogP contribution in [0.1, 0.15) is 61.9 Å². The largest absolute Gasteiger partial charge is 0.506 e. The number of nitrogens with one attached hydrogen (secondary N) is 3. The summed E-state index contributed by atoms with van der Waals surface area (Å²) in [6, 6.07) is 13.4. The van der Waals surface area contributed by atoms with Crippen LogP contribution in [0.5, 0.6) is 5.75 Å². The standard InChI is InChI=1S/C32H42ClN7O4/c1-21(2)30-31-35-22(3)38-40(31)20-28(43)34-15-9-17-39(19-24-12-7-13-26(41)29(24)33)16-8-14-27(42)36-25(32(44)37-30)18-23-10-5-4-6-11-23/h4-7,10-13,21,25,30,41H,8-9,14-20H2,1-3H3,(H,34,43)(H,36,42)(H,37,44)/t25-,30+/m1/s1. The molecular weight excluding hydrogens is 582 g/mol. The number of halogens is 1. The molecule has 12 heteroatoms. The number of carbonyl (C=O) groups is 3. The maximum Gasteiger partial charge on any atom is 0.243 e. The summed E-state index contributed by atoms with van der Waals surface area (Å²) in [4.78, 5) is 46.6. The van der Waals surface area contributed by atoms with E-state index in [1.165, 1.54) is 6.07 Å². The summed E-state index contributed by atoms with van der Waals surface area (Å²) >= 11 is 6.36. The Kier molecular flexibility index (Phi) is 11.7. The fraction of sp³-hybridized carbons (Fsp3) is 0.469. The number of carbonyl (C=O) groups excluding carboxylic acids is 3. The van der Waals surface area contributed by atoms with Crippen molar-refractivity contribution in [1.82, 2.24) is 35.6 Å². The van der Waals surface area contributed by atoms with Crippen molar-refractivity contribution in [3.8, 4) is 5.75 Å². The van der Waals surface area contributed by atoms with Crippen molar-refractivity contribution in [3.05, 3.63) is 76.3 Å². The van der Waals surface area contributed by atoms with Crippen molar-refractivity contribution in [1.29, 1.82) is 0 Å². The number of phenols is 1. The topological polar surface area (TPSA) is 141 Å². The van der Waals surface area contributed by atoms with Gasteiger partial charge in [-0.05, 0) is 49.4 Å². The molecule has 4 N–H and O–H groups in total. The molecular formula is C32H42ClN7O4. The molecule has 11 nitrogen and oxygen atoms in total. The zero-order valence-corrected chi connectivity index (χ0v) is 26.3. The third kappa shape index (κ3) is 9.27. The van der Waals surface area contributed by atoms with Crippen molar-refractivity contribution in [2.45, 2.75) is 71.6 Å². The first-order valence-corrected chi connectivity index (χ1v) is 15.5. The lowest BCUT2D eigenvalue weighted by Gasteiger charge is -2.26. The van der Waals surface area contributed by atoms with Crippen molar-refractivity contribution < 1.29 is 19.5 Å². The molecule has 2 heterocycles. The summed E-state index contributed by atoms with van der Waals surface area (Å²) in [6.07, 6.45) is 1.76. The second-order valence-corrected chi connectivity index (χ2v) is 11.9. The number of aromatic hydroxyl groups is 1. The average Bonchev–Trinajstić information content (AvgIpc) is 3.34. The predicted octanol–water partition coefficient (Wildman–Crippen LogP) is 3.29. The summed E-state index contributed by atoms with van der Waals surface area (Å²) < 4.78 is 1.54. The third-order valence-corrected chi connectivity index (χ3v) is 8.02. The molecule has 2 atom stereocenters. The van der Waals surface area contributed by atoms with Crippen LogP contribution in [-0.4, -0.2) is 68.2 Å². The van der Waals surface area contributed by atoms with Crippen LogP contribution in [0.4, 0.5) is 0 Å². The van der Waals surface area contributed by atoms with Gasteiger partial charge in [-0.25, -0.2) is 9.67 Å². The Balaban J connectivity index is 1.59. The highest BCUT2D eigenvalue weighted by Crippen LogP contribution is 2.28. The molecule has 0 spiro atoms. The molecule has 1 aromatic heterocycles. The second kappa shape index (κ2) is 15.7. The van der Waals surface area contributed by atoms with E-state index in [0.29, 0.717) is 62.1 Å². The third-order valence-electron chi connectivity index (χ3n) is 7.58. The maximum absolute atomic E-state index is 13.8. The van der Waals surface area contributed by atoms with Crippen molar-refractivity contribution in [3.63, 3.8) is 0 Å². The zero-order valence-electron chi connectivity index (χ0n) is 25.6. The van der Waals surface area contributed by atoms with E-state index in [1.807, 2.05) is 50.2 Å². The first-order valence-electron chi connectivity index (χ1n) is 15.1. The van der Waals surface area contributed by atoms with Gasteiger partial charge in [0.1, 0.15) is 24.2 Å². The van der Waals surface area contributed by atoms with Crippen LogP contribution in [0, 0.1) is 12.8 Å².